The molecule has 2 aromatic carbocycles. The molecule has 0 aliphatic carbocycles. The molecule has 0 heterocycles. The molecule has 0 bridgehead atoms. The van der Waals surface area contributed by atoms with Crippen LogP contribution >= 0.6 is 11.6 Å². The van der Waals surface area contributed by atoms with Crippen molar-refractivity contribution in [1.82, 2.24) is 5.32 Å². The number of aliphatic hydroxyl groups is 1. The van der Waals surface area contributed by atoms with Crippen LogP contribution in [0.15, 0.2) is 48.5 Å². The maximum Gasteiger partial charge on any atom is 0.0587 e. The first kappa shape index (κ1) is 15.0. The van der Waals surface area contributed by atoms with Crippen LogP contribution in [0.4, 0.5) is 0 Å². The molecule has 0 amide bonds. The number of aryl methyl sites for hydroxylation is 1. The molecule has 0 saturated carbocycles. The van der Waals surface area contributed by atoms with Crippen LogP contribution in [0.2, 0.25) is 5.02 Å². The van der Waals surface area contributed by atoms with Crippen LogP contribution in [-0.4, -0.2) is 17.8 Å². The number of benzene rings is 2. The van der Waals surface area contributed by atoms with Gasteiger partial charge < -0.3 is 10.4 Å². The summed E-state index contributed by atoms with van der Waals surface area (Å²) in [5.41, 5.74) is 3.61. The topological polar surface area (TPSA) is 32.3 Å². The summed E-state index contributed by atoms with van der Waals surface area (Å²) in [5, 5.41) is 13.7. The molecule has 106 valence electrons. The summed E-state index contributed by atoms with van der Waals surface area (Å²) in [5.74, 6) is 0. The van der Waals surface area contributed by atoms with E-state index < -0.39 is 0 Å². The zero-order valence-corrected chi connectivity index (χ0v) is 12.4. The van der Waals surface area contributed by atoms with Crippen molar-refractivity contribution in [2.45, 2.75) is 25.9 Å². The van der Waals surface area contributed by atoms with E-state index in [-0.39, 0.29) is 12.6 Å². The summed E-state index contributed by atoms with van der Waals surface area (Å²) in [6.07, 6.45) is 0.823. The van der Waals surface area contributed by atoms with E-state index in [0.717, 1.165) is 18.0 Å². The molecule has 2 nitrogen and oxygen atoms in total. The van der Waals surface area contributed by atoms with Crippen molar-refractivity contribution < 1.29 is 5.11 Å². The van der Waals surface area contributed by atoms with E-state index in [4.69, 9.17) is 11.6 Å². The number of hydrogen-bond donors (Lipinski definition) is 2. The lowest BCUT2D eigenvalue weighted by Gasteiger charge is -2.17. The normalized spacial score (nSPS) is 12.3. The fourth-order valence-corrected chi connectivity index (χ4v) is 2.44. The van der Waals surface area contributed by atoms with E-state index >= 15 is 0 Å². The van der Waals surface area contributed by atoms with Crippen LogP contribution in [0, 0.1) is 6.92 Å². The van der Waals surface area contributed by atoms with E-state index in [0.29, 0.717) is 0 Å². The van der Waals surface area contributed by atoms with E-state index in [1.807, 2.05) is 43.3 Å². The molecule has 0 spiro atoms. The van der Waals surface area contributed by atoms with Gasteiger partial charge in [0.25, 0.3) is 0 Å². The molecule has 0 unspecified atom stereocenters. The zero-order valence-electron chi connectivity index (χ0n) is 11.6. The van der Waals surface area contributed by atoms with Crippen LogP contribution in [-0.2, 0) is 13.0 Å². The number of rotatable bonds is 6. The van der Waals surface area contributed by atoms with Gasteiger partial charge in [-0.25, -0.2) is 0 Å². The van der Waals surface area contributed by atoms with Gasteiger partial charge in [0.2, 0.25) is 0 Å². The second-order valence-electron chi connectivity index (χ2n) is 5.02. The molecule has 2 rings (SSSR count). The van der Waals surface area contributed by atoms with E-state index in [1.165, 1.54) is 16.7 Å². The van der Waals surface area contributed by atoms with Gasteiger partial charge in [-0.15, -0.1) is 0 Å². The number of aliphatic hydroxyl groups excluding tert-OH is 1. The maximum atomic E-state index is 9.50. The highest BCUT2D eigenvalue weighted by molar-refractivity contribution is 6.30. The van der Waals surface area contributed by atoms with Crippen molar-refractivity contribution in [1.29, 1.82) is 0 Å². The zero-order chi connectivity index (χ0) is 14.4. The van der Waals surface area contributed by atoms with E-state index in [2.05, 4.69) is 17.4 Å². The standard InChI is InChI=1S/C17H20ClNO/c1-13-9-16(18)8-7-15(13)11-19-17(12-20)10-14-5-3-2-4-6-14/h2-9,17,19-20H,10-12H2,1H3/t17-/m1/s1. The fourth-order valence-electron chi connectivity index (χ4n) is 2.21. The lowest BCUT2D eigenvalue weighted by atomic mass is 10.1. The molecule has 3 heteroatoms. The van der Waals surface area contributed by atoms with Crippen molar-refractivity contribution >= 4 is 11.6 Å². The molecule has 0 fully saturated rings. The predicted octanol–water partition coefficient (Wildman–Crippen LogP) is 3.34. The first-order chi connectivity index (χ1) is 9.69. The minimum atomic E-state index is 0.0625. The highest BCUT2D eigenvalue weighted by Gasteiger charge is 2.08. The molecular weight excluding hydrogens is 270 g/mol. The third kappa shape index (κ3) is 4.34. The van der Waals surface area contributed by atoms with Crippen molar-refractivity contribution in [2.24, 2.45) is 0 Å². The molecule has 2 aromatic rings. The van der Waals surface area contributed by atoms with Gasteiger partial charge >= 0.3 is 0 Å². The smallest absolute Gasteiger partial charge is 0.0587 e. The Hall–Kier alpha value is -1.35. The van der Waals surface area contributed by atoms with E-state index in [1.54, 1.807) is 0 Å². The van der Waals surface area contributed by atoms with Gasteiger partial charge in [0.1, 0.15) is 0 Å². The highest BCUT2D eigenvalue weighted by Crippen LogP contribution is 2.15. The Morgan fingerprint density at radius 1 is 1.15 bits per heavy atom. The van der Waals surface area contributed by atoms with Crippen LogP contribution in [0.25, 0.3) is 0 Å². The van der Waals surface area contributed by atoms with E-state index in [9.17, 15) is 5.11 Å². The average molecular weight is 290 g/mol. The second-order valence-corrected chi connectivity index (χ2v) is 5.46. The molecule has 0 aliphatic heterocycles. The number of halogens is 1. The lowest BCUT2D eigenvalue weighted by Crippen LogP contribution is -2.34. The summed E-state index contributed by atoms with van der Waals surface area (Å²) in [4.78, 5) is 0. The third-order valence-corrected chi connectivity index (χ3v) is 3.67. The second kappa shape index (κ2) is 7.44. The van der Waals surface area contributed by atoms with Gasteiger partial charge in [0.15, 0.2) is 0 Å². The monoisotopic (exact) mass is 289 g/mol. The van der Waals surface area contributed by atoms with Gasteiger partial charge in [-0.3, -0.25) is 0 Å². The van der Waals surface area contributed by atoms with Gasteiger partial charge in [-0.05, 0) is 42.2 Å². The Morgan fingerprint density at radius 3 is 2.55 bits per heavy atom. The summed E-state index contributed by atoms with van der Waals surface area (Å²) in [7, 11) is 0. The van der Waals surface area contributed by atoms with Gasteiger partial charge in [-0.1, -0.05) is 48.0 Å². The third-order valence-electron chi connectivity index (χ3n) is 3.43. The molecule has 0 aromatic heterocycles. The molecule has 1 atom stereocenters. The van der Waals surface area contributed by atoms with Crippen molar-refractivity contribution in [3.8, 4) is 0 Å². The highest BCUT2D eigenvalue weighted by atomic mass is 35.5. The Bertz CT molecular complexity index is 542. The van der Waals surface area contributed by atoms with Crippen molar-refractivity contribution in [3.05, 3.63) is 70.2 Å². The Morgan fingerprint density at radius 2 is 1.90 bits per heavy atom. The Balaban J connectivity index is 1.93. The average Bonchev–Trinajstić information content (AvgIpc) is 2.46. The van der Waals surface area contributed by atoms with Crippen molar-refractivity contribution in [3.63, 3.8) is 0 Å². The Labute approximate surface area is 125 Å². The summed E-state index contributed by atoms with van der Waals surface area (Å²) < 4.78 is 0. The molecular formula is C17H20ClNO. The SMILES string of the molecule is Cc1cc(Cl)ccc1CN[C@@H](CO)Cc1ccccc1. The predicted molar refractivity (Wildman–Crippen MR) is 84.0 cm³/mol. The molecule has 0 aliphatic rings. The number of hydrogen-bond acceptors (Lipinski definition) is 2. The van der Waals surface area contributed by atoms with Gasteiger partial charge in [-0.2, -0.15) is 0 Å². The largest absolute Gasteiger partial charge is 0.395 e. The first-order valence-corrected chi connectivity index (χ1v) is 7.20. The minimum Gasteiger partial charge on any atom is -0.395 e. The van der Waals surface area contributed by atoms with Crippen LogP contribution < -0.4 is 5.32 Å². The minimum absolute atomic E-state index is 0.0625. The van der Waals surface area contributed by atoms with Crippen LogP contribution in [0.1, 0.15) is 16.7 Å². The van der Waals surface area contributed by atoms with Gasteiger partial charge in [0.05, 0.1) is 6.61 Å². The fraction of sp³-hybridized carbons (Fsp3) is 0.294. The van der Waals surface area contributed by atoms with Crippen molar-refractivity contribution in [2.75, 3.05) is 6.61 Å². The quantitative estimate of drug-likeness (QED) is 0.855. The number of nitrogens with one attached hydrogen (secondary N) is 1. The maximum absolute atomic E-state index is 9.50. The summed E-state index contributed by atoms with van der Waals surface area (Å²) in [6, 6.07) is 16.2. The lowest BCUT2D eigenvalue weighted by molar-refractivity contribution is 0.240. The summed E-state index contributed by atoms with van der Waals surface area (Å²) in [6.45, 7) is 2.91. The molecule has 0 radical (unpaired) electrons. The molecule has 0 saturated heterocycles. The molecule has 2 N–H and O–H groups in total. The summed E-state index contributed by atoms with van der Waals surface area (Å²) >= 11 is 5.95. The van der Waals surface area contributed by atoms with Crippen LogP contribution in [0.5, 0.6) is 0 Å². The Kier molecular flexibility index (Phi) is 5.60. The first-order valence-electron chi connectivity index (χ1n) is 6.82. The molecule has 20 heavy (non-hydrogen) atoms. The van der Waals surface area contributed by atoms with Crippen LogP contribution in [0.3, 0.4) is 0 Å². The van der Waals surface area contributed by atoms with Gasteiger partial charge in [0, 0.05) is 17.6 Å².